The van der Waals surface area contributed by atoms with Crippen LogP contribution in [0, 0.1) is 0 Å². The molecule has 2 aromatic rings. The predicted octanol–water partition coefficient (Wildman–Crippen LogP) is 2.38. The van der Waals surface area contributed by atoms with E-state index in [2.05, 4.69) is 36.8 Å². The van der Waals surface area contributed by atoms with Gasteiger partial charge in [0.05, 0.1) is 6.61 Å². The molecule has 2 rings (SSSR count). The molecular weight excluding hydrogens is 347 g/mol. The number of hydrogen-bond acceptors (Lipinski definition) is 2. The highest BCUT2D eigenvalue weighted by molar-refractivity contribution is 9.11. The number of hydrogen-bond donors (Lipinski definition) is 0. The van der Waals surface area contributed by atoms with Crippen molar-refractivity contribution in [3.05, 3.63) is 45.2 Å². The van der Waals surface area contributed by atoms with Crippen LogP contribution >= 0.6 is 31.9 Å². The Labute approximate surface area is 118 Å². The first-order chi connectivity index (χ1) is 8.18. The van der Waals surface area contributed by atoms with Gasteiger partial charge in [-0.2, -0.15) is 0 Å². The van der Waals surface area contributed by atoms with Crippen LogP contribution in [0.4, 0.5) is 0 Å². The van der Waals surface area contributed by atoms with Gasteiger partial charge in [-0.05, 0) is 37.4 Å². The molecule has 17 heavy (non-hydrogen) atoms. The second-order valence-corrected chi connectivity index (χ2v) is 4.91. The Kier molecular flexibility index (Phi) is 4.42. The average Bonchev–Trinajstić information content (AvgIpc) is 2.57. The third-order valence-electron chi connectivity index (χ3n) is 2.25. The topological polar surface area (TPSA) is 27.1 Å². The fourth-order valence-corrected chi connectivity index (χ4v) is 2.45. The first kappa shape index (κ1) is 12.9. The van der Waals surface area contributed by atoms with Gasteiger partial charge in [-0.25, -0.2) is 4.98 Å². The molecule has 0 aliphatic carbocycles. The van der Waals surface area contributed by atoms with Gasteiger partial charge in [0.1, 0.15) is 19.2 Å². The van der Waals surface area contributed by atoms with Gasteiger partial charge in [0, 0.05) is 5.59 Å². The van der Waals surface area contributed by atoms with Crippen molar-refractivity contribution in [2.75, 3.05) is 0 Å². The summed E-state index contributed by atoms with van der Waals surface area (Å²) < 4.78 is 8.58. The maximum absolute atomic E-state index is 5.83. The molecule has 0 saturated carbocycles. The lowest BCUT2D eigenvalue weighted by Gasteiger charge is -2.08. The van der Waals surface area contributed by atoms with Crippen LogP contribution < -0.4 is 5.59 Å². The minimum absolute atomic E-state index is 0.361. The standard InChI is InChI=1S/C11H9BBr2N2O/c12-9-10(13)15-11(14)16(9)7-17-6-8-4-2-1-3-5-8/h1-5H,6-7H2. The van der Waals surface area contributed by atoms with Crippen molar-refractivity contribution >= 4 is 45.3 Å². The normalized spacial score (nSPS) is 10.7. The van der Waals surface area contributed by atoms with Crippen molar-refractivity contribution in [3.8, 4) is 0 Å². The van der Waals surface area contributed by atoms with E-state index in [1.165, 1.54) is 0 Å². The Morgan fingerprint density at radius 1 is 1.24 bits per heavy atom. The van der Waals surface area contributed by atoms with Crippen LogP contribution in [-0.4, -0.2) is 17.4 Å². The van der Waals surface area contributed by atoms with E-state index < -0.39 is 0 Å². The van der Waals surface area contributed by atoms with Gasteiger partial charge in [0.15, 0.2) is 4.73 Å². The number of rotatable bonds is 4. The van der Waals surface area contributed by atoms with E-state index >= 15 is 0 Å². The minimum Gasteiger partial charge on any atom is -0.356 e. The van der Waals surface area contributed by atoms with Gasteiger partial charge in [-0.1, -0.05) is 30.3 Å². The summed E-state index contributed by atoms with van der Waals surface area (Å²) in [4.78, 5) is 4.13. The van der Waals surface area contributed by atoms with Crippen molar-refractivity contribution in [1.82, 2.24) is 9.55 Å². The van der Waals surface area contributed by atoms with E-state index in [4.69, 9.17) is 12.6 Å². The zero-order chi connectivity index (χ0) is 12.3. The van der Waals surface area contributed by atoms with E-state index in [0.717, 1.165) is 5.56 Å². The molecule has 0 aliphatic rings. The molecule has 1 aromatic carbocycles. The number of ether oxygens (including phenoxy) is 1. The summed E-state index contributed by atoms with van der Waals surface area (Å²) in [5.74, 6) is 0. The second kappa shape index (κ2) is 5.84. The van der Waals surface area contributed by atoms with Gasteiger partial charge in [0.2, 0.25) is 0 Å². The van der Waals surface area contributed by atoms with Crippen LogP contribution in [0.5, 0.6) is 0 Å². The van der Waals surface area contributed by atoms with E-state index in [0.29, 0.717) is 28.3 Å². The lowest BCUT2D eigenvalue weighted by Crippen LogP contribution is -2.19. The van der Waals surface area contributed by atoms with Crippen LogP contribution in [0.3, 0.4) is 0 Å². The molecular formula is C11H9BBr2N2O. The molecule has 2 radical (unpaired) electrons. The smallest absolute Gasteiger partial charge is 0.179 e. The monoisotopic (exact) mass is 354 g/mol. The number of benzene rings is 1. The Balaban J connectivity index is 1.95. The van der Waals surface area contributed by atoms with Crippen molar-refractivity contribution in [2.45, 2.75) is 13.3 Å². The fourth-order valence-electron chi connectivity index (χ4n) is 1.36. The second-order valence-electron chi connectivity index (χ2n) is 3.45. The molecule has 0 N–H and O–H groups in total. The highest BCUT2D eigenvalue weighted by atomic mass is 79.9. The van der Waals surface area contributed by atoms with Crippen molar-refractivity contribution in [1.29, 1.82) is 0 Å². The summed E-state index contributed by atoms with van der Waals surface area (Å²) in [5, 5.41) is 0. The van der Waals surface area contributed by atoms with E-state index in [1.54, 1.807) is 4.57 Å². The number of aromatic nitrogens is 2. The Morgan fingerprint density at radius 3 is 2.53 bits per heavy atom. The first-order valence-corrected chi connectivity index (χ1v) is 6.55. The number of imidazole rings is 1. The fraction of sp³-hybridized carbons (Fsp3) is 0.182. The summed E-state index contributed by atoms with van der Waals surface area (Å²) >= 11 is 6.58. The lowest BCUT2D eigenvalue weighted by molar-refractivity contribution is 0.0643. The van der Waals surface area contributed by atoms with Crippen molar-refractivity contribution in [3.63, 3.8) is 0 Å². The largest absolute Gasteiger partial charge is 0.356 e. The molecule has 86 valence electrons. The molecule has 1 aromatic heterocycles. The first-order valence-electron chi connectivity index (χ1n) is 4.97. The van der Waals surface area contributed by atoms with Crippen molar-refractivity contribution in [2.24, 2.45) is 0 Å². The molecule has 0 unspecified atom stereocenters. The molecule has 0 aliphatic heterocycles. The van der Waals surface area contributed by atoms with Gasteiger partial charge in [-0.15, -0.1) is 0 Å². The molecule has 0 atom stereocenters. The maximum Gasteiger partial charge on any atom is 0.179 e. The van der Waals surface area contributed by atoms with Crippen LogP contribution in [0.2, 0.25) is 0 Å². The maximum atomic E-state index is 5.83. The molecule has 0 bridgehead atoms. The van der Waals surface area contributed by atoms with E-state index in [-0.39, 0.29) is 0 Å². The van der Waals surface area contributed by atoms with E-state index in [9.17, 15) is 0 Å². The van der Waals surface area contributed by atoms with Gasteiger partial charge in [-0.3, -0.25) is 0 Å². The predicted molar refractivity (Wildman–Crippen MR) is 74.2 cm³/mol. The van der Waals surface area contributed by atoms with Crippen molar-refractivity contribution < 1.29 is 4.74 Å². The number of nitrogens with zero attached hydrogens (tertiary/aromatic N) is 2. The minimum atomic E-state index is 0.361. The van der Waals surface area contributed by atoms with Gasteiger partial charge >= 0.3 is 0 Å². The SMILES string of the molecule is [B]c1c(Br)nc(Br)n1COCc1ccccc1. The third-order valence-corrected chi connectivity index (χ3v) is 3.44. The lowest BCUT2D eigenvalue weighted by atomic mass is 10.1. The summed E-state index contributed by atoms with van der Waals surface area (Å²) in [5.41, 5.74) is 1.67. The molecule has 6 heteroatoms. The summed E-state index contributed by atoms with van der Waals surface area (Å²) in [6.07, 6.45) is 0. The third kappa shape index (κ3) is 3.21. The summed E-state index contributed by atoms with van der Waals surface area (Å²) in [6, 6.07) is 9.98. The Morgan fingerprint density at radius 2 is 1.94 bits per heavy atom. The van der Waals surface area contributed by atoms with Gasteiger partial charge < -0.3 is 9.30 Å². The zero-order valence-electron chi connectivity index (χ0n) is 8.94. The summed E-state index contributed by atoms with van der Waals surface area (Å²) in [6.45, 7) is 0.905. The summed E-state index contributed by atoms with van der Waals surface area (Å²) in [7, 11) is 5.83. The molecule has 0 saturated heterocycles. The number of halogens is 2. The molecule has 0 fully saturated rings. The van der Waals surface area contributed by atoms with Crippen LogP contribution in [0.15, 0.2) is 39.7 Å². The molecule has 0 amide bonds. The zero-order valence-corrected chi connectivity index (χ0v) is 12.1. The average molecular weight is 356 g/mol. The highest BCUT2D eigenvalue weighted by Gasteiger charge is 2.08. The van der Waals surface area contributed by atoms with Crippen LogP contribution in [0.25, 0.3) is 0 Å². The van der Waals surface area contributed by atoms with E-state index in [1.807, 2.05) is 30.3 Å². The quantitative estimate of drug-likeness (QED) is 0.787. The van der Waals surface area contributed by atoms with Crippen LogP contribution in [0.1, 0.15) is 5.56 Å². The highest BCUT2D eigenvalue weighted by Crippen LogP contribution is 2.12. The molecule has 0 spiro atoms. The molecule has 3 nitrogen and oxygen atoms in total. The Hall–Kier alpha value is -0.585. The van der Waals surface area contributed by atoms with Gasteiger partial charge in [0.25, 0.3) is 0 Å². The Bertz CT molecular complexity index is 502. The van der Waals surface area contributed by atoms with Crippen LogP contribution in [-0.2, 0) is 18.1 Å². The molecule has 1 heterocycles.